The van der Waals surface area contributed by atoms with E-state index < -0.39 is 5.69 Å². The Morgan fingerprint density at radius 2 is 2.17 bits per heavy atom. The summed E-state index contributed by atoms with van der Waals surface area (Å²) in [7, 11) is 0. The van der Waals surface area contributed by atoms with Crippen molar-refractivity contribution < 1.29 is 4.79 Å². The van der Waals surface area contributed by atoms with E-state index in [0.717, 1.165) is 27.2 Å². The third-order valence-corrected chi connectivity index (χ3v) is 7.23. The van der Waals surface area contributed by atoms with Gasteiger partial charge in [-0.1, -0.05) is 23.9 Å². The number of carbonyl (C=O) groups excluding carboxylic acids is 1. The Kier molecular flexibility index (Phi) is 5.62. The molecule has 3 aromatic rings. The lowest BCUT2D eigenvalue weighted by atomic mass is 10.1. The van der Waals surface area contributed by atoms with Gasteiger partial charge in [0.2, 0.25) is 0 Å². The molecule has 4 rings (SSSR count). The maximum Gasteiger partial charge on any atom is 0.346 e. The molecule has 3 aromatic heterocycles. The molecule has 1 atom stereocenters. The molecule has 0 aromatic carbocycles. The molecule has 4 heterocycles. The number of aromatic amines is 1. The third-order valence-electron chi connectivity index (χ3n) is 4.37. The molecule has 0 bridgehead atoms. The molecular weight excluding hydrogens is 426 g/mol. The predicted octanol–water partition coefficient (Wildman–Crippen LogP) is 3.54. The molecule has 0 saturated heterocycles. The van der Waals surface area contributed by atoms with Crippen LogP contribution < -0.4 is 5.69 Å². The van der Waals surface area contributed by atoms with Crippen molar-refractivity contribution in [1.82, 2.24) is 15.0 Å². The van der Waals surface area contributed by atoms with Crippen molar-refractivity contribution in [3.63, 3.8) is 0 Å². The molecule has 1 aliphatic heterocycles. The van der Waals surface area contributed by atoms with Crippen molar-refractivity contribution in [3.8, 4) is 6.07 Å². The summed E-state index contributed by atoms with van der Waals surface area (Å²) in [5.74, 6) is -0.156. The maximum absolute atomic E-state index is 13.0. The lowest BCUT2D eigenvalue weighted by molar-refractivity contribution is -0.130. The molecule has 0 fully saturated rings. The minimum atomic E-state index is -0.535. The van der Waals surface area contributed by atoms with Crippen LogP contribution >= 0.6 is 34.4 Å². The average Bonchev–Trinajstić information content (AvgIpc) is 3.46. The fourth-order valence-corrected chi connectivity index (χ4v) is 5.44. The van der Waals surface area contributed by atoms with E-state index in [4.69, 9.17) is 0 Å². The van der Waals surface area contributed by atoms with Crippen LogP contribution in [-0.4, -0.2) is 32.3 Å². The van der Waals surface area contributed by atoms with E-state index >= 15 is 0 Å². The smallest absolute Gasteiger partial charge is 0.309 e. The van der Waals surface area contributed by atoms with Gasteiger partial charge in [-0.25, -0.2) is 9.80 Å². The first-order chi connectivity index (χ1) is 14.1. The van der Waals surface area contributed by atoms with Gasteiger partial charge in [-0.3, -0.25) is 4.79 Å². The van der Waals surface area contributed by atoms with Gasteiger partial charge in [0.25, 0.3) is 5.91 Å². The second kappa shape index (κ2) is 8.32. The average molecular weight is 442 g/mol. The Balaban J connectivity index is 1.58. The van der Waals surface area contributed by atoms with Crippen molar-refractivity contribution in [1.29, 1.82) is 5.26 Å². The molecule has 7 nitrogen and oxygen atoms in total. The fourth-order valence-electron chi connectivity index (χ4n) is 3.03. The molecule has 0 unspecified atom stereocenters. The summed E-state index contributed by atoms with van der Waals surface area (Å²) in [6, 6.07) is 9.82. The van der Waals surface area contributed by atoms with Crippen molar-refractivity contribution in [2.24, 2.45) is 5.10 Å². The Bertz CT molecular complexity index is 1160. The number of aryl methyl sites for hydroxylation is 1. The van der Waals surface area contributed by atoms with Gasteiger partial charge in [0, 0.05) is 17.0 Å². The SMILES string of the molecule is Cc1[nH]c(=O)nc(SCC(=O)N2N=C(c3cccs3)C[C@H]2c2cccs2)c1C#N. The molecule has 0 aliphatic carbocycles. The second-order valence-electron chi connectivity index (χ2n) is 6.25. The molecule has 0 radical (unpaired) electrons. The van der Waals surface area contributed by atoms with Gasteiger partial charge in [-0.05, 0) is 29.8 Å². The summed E-state index contributed by atoms with van der Waals surface area (Å²) in [6.45, 7) is 1.64. The Labute approximate surface area is 178 Å². The van der Waals surface area contributed by atoms with Gasteiger partial charge in [0.1, 0.15) is 16.7 Å². The first-order valence-corrected chi connectivity index (χ1v) is 11.4. The molecular formula is C19H15N5O2S3. The number of aromatic nitrogens is 2. The molecule has 29 heavy (non-hydrogen) atoms. The number of carbonyl (C=O) groups is 1. The zero-order valence-corrected chi connectivity index (χ0v) is 17.7. The highest BCUT2D eigenvalue weighted by Gasteiger charge is 2.34. The summed E-state index contributed by atoms with van der Waals surface area (Å²) in [4.78, 5) is 33.2. The van der Waals surface area contributed by atoms with E-state index in [9.17, 15) is 14.9 Å². The minimum absolute atomic E-state index is 0.0354. The van der Waals surface area contributed by atoms with E-state index in [0.29, 0.717) is 12.1 Å². The van der Waals surface area contributed by atoms with E-state index in [1.807, 2.05) is 41.1 Å². The number of hydrogen-bond acceptors (Lipinski definition) is 8. The van der Waals surface area contributed by atoms with Crippen LogP contribution in [0.5, 0.6) is 0 Å². The van der Waals surface area contributed by atoms with E-state index in [2.05, 4.69) is 15.1 Å². The first kappa shape index (κ1) is 19.6. The molecule has 1 N–H and O–H groups in total. The fraction of sp³-hybridized carbons (Fsp3) is 0.211. The normalized spacial score (nSPS) is 15.9. The molecule has 0 spiro atoms. The highest BCUT2D eigenvalue weighted by atomic mass is 32.2. The quantitative estimate of drug-likeness (QED) is 0.482. The van der Waals surface area contributed by atoms with Gasteiger partial charge in [0.05, 0.1) is 22.4 Å². The molecule has 146 valence electrons. The Morgan fingerprint density at radius 1 is 1.38 bits per heavy atom. The maximum atomic E-state index is 13.0. The number of nitrogens with one attached hydrogen (secondary N) is 1. The van der Waals surface area contributed by atoms with Crippen LogP contribution in [0, 0.1) is 18.3 Å². The van der Waals surface area contributed by atoms with Gasteiger partial charge in [-0.2, -0.15) is 15.3 Å². The zero-order chi connectivity index (χ0) is 20.4. The minimum Gasteiger partial charge on any atom is -0.309 e. The first-order valence-electron chi connectivity index (χ1n) is 8.67. The number of H-pyrrole nitrogens is 1. The molecule has 1 amide bonds. The van der Waals surface area contributed by atoms with Crippen LogP contribution in [0.2, 0.25) is 0 Å². The van der Waals surface area contributed by atoms with Gasteiger partial charge in [0.15, 0.2) is 0 Å². The third kappa shape index (κ3) is 4.03. The summed E-state index contributed by atoms with van der Waals surface area (Å²) in [5.41, 5.74) is 1.08. The number of nitrogens with zero attached hydrogens (tertiary/aromatic N) is 4. The monoisotopic (exact) mass is 441 g/mol. The number of hydrazone groups is 1. The van der Waals surface area contributed by atoms with Crippen molar-refractivity contribution in [2.75, 3.05) is 5.75 Å². The number of rotatable bonds is 5. The Morgan fingerprint density at radius 3 is 2.86 bits per heavy atom. The molecule has 1 aliphatic rings. The number of hydrogen-bond donors (Lipinski definition) is 1. The second-order valence-corrected chi connectivity index (χ2v) is 9.14. The number of nitriles is 1. The largest absolute Gasteiger partial charge is 0.346 e. The summed E-state index contributed by atoms with van der Waals surface area (Å²) < 4.78 is 0. The van der Waals surface area contributed by atoms with Gasteiger partial charge < -0.3 is 4.98 Å². The molecule has 0 saturated carbocycles. The summed E-state index contributed by atoms with van der Waals surface area (Å²) in [5, 5.41) is 19.7. The standard InChI is InChI=1S/C19H15N5O2S3/c1-11-12(9-20)18(22-19(26)21-11)29-10-17(25)24-14(16-5-3-7-28-16)8-13(23-24)15-4-2-6-27-15/h2-7,14H,8,10H2,1H3,(H,21,22,26)/t14-/m0/s1. The Hall–Kier alpha value is -2.74. The van der Waals surface area contributed by atoms with E-state index in [-0.39, 0.29) is 28.3 Å². The van der Waals surface area contributed by atoms with Crippen molar-refractivity contribution in [3.05, 3.63) is 66.5 Å². The molecule has 10 heteroatoms. The van der Waals surface area contributed by atoms with Crippen LogP contribution in [0.15, 0.2) is 49.9 Å². The van der Waals surface area contributed by atoms with Crippen molar-refractivity contribution >= 4 is 46.1 Å². The summed E-state index contributed by atoms with van der Waals surface area (Å²) >= 11 is 4.28. The van der Waals surface area contributed by atoms with Crippen LogP contribution in [0.25, 0.3) is 0 Å². The lowest BCUT2D eigenvalue weighted by Crippen LogP contribution is -2.28. The predicted molar refractivity (Wildman–Crippen MR) is 114 cm³/mol. The van der Waals surface area contributed by atoms with Gasteiger partial charge in [-0.15, -0.1) is 22.7 Å². The van der Waals surface area contributed by atoms with Crippen molar-refractivity contribution in [2.45, 2.75) is 24.4 Å². The topological polar surface area (TPSA) is 102 Å². The van der Waals surface area contributed by atoms with Crippen LogP contribution in [-0.2, 0) is 4.79 Å². The number of thiophene rings is 2. The van der Waals surface area contributed by atoms with E-state index in [1.165, 1.54) is 5.01 Å². The number of amides is 1. The highest BCUT2D eigenvalue weighted by Crippen LogP contribution is 2.36. The zero-order valence-electron chi connectivity index (χ0n) is 15.3. The van der Waals surface area contributed by atoms with Gasteiger partial charge >= 0.3 is 5.69 Å². The highest BCUT2D eigenvalue weighted by molar-refractivity contribution is 8.00. The van der Waals surface area contributed by atoms with Crippen LogP contribution in [0.3, 0.4) is 0 Å². The lowest BCUT2D eigenvalue weighted by Gasteiger charge is -2.20. The van der Waals surface area contributed by atoms with Crippen LogP contribution in [0.1, 0.15) is 33.5 Å². The van der Waals surface area contributed by atoms with E-state index in [1.54, 1.807) is 29.6 Å². The van der Waals surface area contributed by atoms with Crippen LogP contribution in [0.4, 0.5) is 0 Å². The number of thioether (sulfide) groups is 1. The summed E-state index contributed by atoms with van der Waals surface area (Å²) in [6.07, 6.45) is 0.656.